The number of carbonyl (C=O) groups excluding carboxylic acids is 1. The van der Waals surface area contributed by atoms with Gasteiger partial charge in [-0.25, -0.2) is 4.39 Å². The first kappa shape index (κ1) is 19.3. The lowest BCUT2D eigenvalue weighted by Gasteiger charge is -2.54. The number of hydrogen-bond donors (Lipinski definition) is 1. The van der Waals surface area contributed by atoms with Gasteiger partial charge in [0.1, 0.15) is 13.2 Å². The molecule has 158 valence electrons. The van der Waals surface area contributed by atoms with Crippen molar-refractivity contribution in [1.29, 1.82) is 0 Å². The minimum atomic E-state index is -1.14. The highest BCUT2D eigenvalue weighted by Crippen LogP contribution is 2.63. The lowest BCUT2D eigenvalue weighted by Crippen LogP contribution is -2.49. The van der Waals surface area contributed by atoms with Crippen LogP contribution in [0.3, 0.4) is 0 Å². The fourth-order valence-corrected chi connectivity index (χ4v) is 7.52. The molecule has 3 fully saturated rings. The number of aliphatic hydroxyl groups is 1. The van der Waals surface area contributed by atoms with Gasteiger partial charge in [0.2, 0.25) is 0 Å². The third kappa shape index (κ3) is 3.07. The molecule has 1 N–H and O–H groups in total. The van der Waals surface area contributed by atoms with E-state index in [9.17, 15) is 14.3 Å². The summed E-state index contributed by atoms with van der Waals surface area (Å²) in [6, 6.07) is 0. The van der Waals surface area contributed by atoms with E-state index in [0.29, 0.717) is 36.5 Å². The number of carbonyl (C=O) groups is 1. The zero-order chi connectivity index (χ0) is 20.2. The number of halogens is 1. The number of hydrogen-bond acceptors (Lipinski definition) is 5. The fourth-order valence-electron chi connectivity index (χ4n) is 7.52. The standard InChI is InChI=1S/C22H31FN4O2/c1-21-8-6-16-15-7-9-22(29,12-23)10-14(15)2-3-17(16)18(21)4-5-19(21)20(28)11-27-25-13-24-26-27/h2,13,15-19,29H,3-12H2,1H3/t15-,16+,17+,18-,19+,21-,22+/m0/s1. The van der Waals surface area contributed by atoms with Crippen molar-refractivity contribution >= 4 is 5.78 Å². The lowest BCUT2D eigenvalue weighted by atomic mass is 9.51. The molecule has 1 heterocycles. The van der Waals surface area contributed by atoms with Gasteiger partial charge in [0.25, 0.3) is 0 Å². The third-order valence-electron chi connectivity index (χ3n) is 8.92. The number of rotatable bonds is 4. The molecular weight excluding hydrogens is 371 g/mol. The Bertz CT molecular complexity index is 812. The monoisotopic (exact) mass is 402 g/mol. The molecule has 1 aromatic heterocycles. The maximum absolute atomic E-state index is 13.3. The Kier molecular flexibility index (Phi) is 4.64. The maximum atomic E-state index is 13.3. The second-order valence-electron chi connectivity index (χ2n) is 10.2. The number of allylic oxidation sites excluding steroid dienone is 1. The molecule has 0 unspecified atom stereocenters. The number of tetrazole rings is 1. The Balaban J connectivity index is 1.34. The summed E-state index contributed by atoms with van der Waals surface area (Å²) in [6.07, 6.45) is 11.0. The summed E-state index contributed by atoms with van der Waals surface area (Å²) < 4.78 is 13.3. The topological polar surface area (TPSA) is 80.9 Å². The van der Waals surface area contributed by atoms with Crippen LogP contribution in [0.1, 0.15) is 58.3 Å². The summed E-state index contributed by atoms with van der Waals surface area (Å²) in [5, 5.41) is 22.0. The van der Waals surface area contributed by atoms with Crippen molar-refractivity contribution in [2.24, 2.45) is 35.0 Å². The minimum Gasteiger partial charge on any atom is -0.387 e. The van der Waals surface area contributed by atoms with E-state index in [0.717, 1.165) is 38.5 Å². The highest BCUT2D eigenvalue weighted by molar-refractivity contribution is 5.81. The molecule has 29 heavy (non-hydrogen) atoms. The van der Waals surface area contributed by atoms with Gasteiger partial charge in [-0.1, -0.05) is 18.6 Å². The smallest absolute Gasteiger partial charge is 0.162 e. The van der Waals surface area contributed by atoms with Gasteiger partial charge in [-0.05, 0) is 85.7 Å². The lowest BCUT2D eigenvalue weighted by molar-refractivity contribution is -0.130. The molecule has 4 aliphatic rings. The van der Waals surface area contributed by atoms with E-state index in [2.05, 4.69) is 28.4 Å². The molecule has 0 radical (unpaired) electrons. The Morgan fingerprint density at radius 2 is 2.14 bits per heavy atom. The number of alkyl halides is 1. The van der Waals surface area contributed by atoms with Crippen molar-refractivity contribution in [3.05, 3.63) is 18.0 Å². The first-order chi connectivity index (χ1) is 13.9. The second kappa shape index (κ2) is 6.96. The molecule has 0 amide bonds. The third-order valence-corrected chi connectivity index (χ3v) is 8.92. The van der Waals surface area contributed by atoms with Gasteiger partial charge < -0.3 is 5.11 Å². The van der Waals surface area contributed by atoms with E-state index >= 15 is 0 Å². The van der Waals surface area contributed by atoms with Gasteiger partial charge in [0.15, 0.2) is 12.1 Å². The molecule has 7 heteroatoms. The van der Waals surface area contributed by atoms with Gasteiger partial charge in [0.05, 0.1) is 5.60 Å². The Labute approximate surface area is 170 Å². The molecule has 0 spiro atoms. The van der Waals surface area contributed by atoms with Crippen molar-refractivity contribution in [3.63, 3.8) is 0 Å². The summed E-state index contributed by atoms with van der Waals surface area (Å²) >= 11 is 0. The van der Waals surface area contributed by atoms with E-state index in [4.69, 9.17) is 0 Å². The number of fused-ring (bicyclic) bond motifs is 5. The number of aromatic nitrogens is 4. The number of nitrogens with zero attached hydrogens (tertiary/aromatic N) is 4. The average Bonchev–Trinajstić information content (AvgIpc) is 3.34. The predicted octanol–water partition coefficient (Wildman–Crippen LogP) is 3.13. The quantitative estimate of drug-likeness (QED) is 0.783. The van der Waals surface area contributed by atoms with Crippen LogP contribution >= 0.6 is 0 Å². The van der Waals surface area contributed by atoms with Crippen LogP contribution in [0.15, 0.2) is 18.0 Å². The summed E-state index contributed by atoms with van der Waals surface area (Å²) in [5.74, 6) is 2.62. The van der Waals surface area contributed by atoms with Crippen molar-refractivity contribution in [2.75, 3.05) is 6.67 Å². The van der Waals surface area contributed by atoms with Crippen LogP contribution in [0.5, 0.6) is 0 Å². The van der Waals surface area contributed by atoms with Crippen molar-refractivity contribution in [2.45, 2.75) is 70.4 Å². The SMILES string of the molecule is C[C@]12CC[C@H]3[C@@H](CC=C4C[C@@](O)(CF)CC[C@@H]43)[C@@H]1CC[C@@H]2C(=O)Cn1ncnn1. The first-order valence-electron chi connectivity index (χ1n) is 11.1. The summed E-state index contributed by atoms with van der Waals surface area (Å²) in [4.78, 5) is 14.5. The first-order valence-corrected chi connectivity index (χ1v) is 11.1. The van der Waals surface area contributed by atoms with Gasteiger partial charge in [-0.15, -0.1) is 10.2 Å². The molecule has 0 bridgehead atoms. The Hall–Kier alpha value is -1.63. The summed E-state index contributed by atoms with van der Waals surface area (Å²) in [5.41, 5.74) is 0.209. The second-order valence-corrected chi connectivity index (χ2v) is 10.2. The predicted molar refractivity (Wildman–Crippen MR) is 104 cm³/mol. The molecule has 6 nitrogen and oxygen atoms in total. The molecule has 4 aliphatic carbocycles. The van der Waals surface area contributed by atoms with Crippen molar-refractivity contribution in [1.82, 2.24) is 20.2 Å². The fraction of sp³-hybridized carbons (Fsp3) is 0.818. The van der Waals surface area contributed by atoms with E-state index in [1.807, 2.05) is 0 Å². The average molecular weight is 403 g/mol. The zero-order valence-corrected chi connectivity index (χ0v) is 17.1. The van der Waals surface area contributed by atoms with E-state index in [1.54, 1.807) is 0 Å². The Morgan fingerprint density at radius 3 is 2.90 bits per heavy atom. The van der Waals surface area contributed by atoms with Crippen LogP contribution in [0.4, 0.5) is 4.39 Å². The normalized spacial score (nSPS) is 43.8. The van der Waals surface area contributed by atoms with E-state index in [1.165, 1.54) is 16.7 Å². The molecular formula is C22H31FN4O2. The van der Waals surface area contributed by atoms with Crippen LogP contribution in [0.2, 0.25) is 0 Å². The van der Waals surface area contributed by atoms with Crippen LogP contribution in [0, 0.1) is 35.0 Å². The van der Waals surface area contributed by atoms with Gasteiger partial charge in [0, 0.05) is 5.92 Å². The number of Topliss-reactive ketones (excluding diaryl/α,β-unsaturated/α-hetero) is 1. The maximum Gasteiger partial charge on any atom is 0.162 e. The van der Waals surface area contributed by atoms with E-state index < -0.39 is 12.3 Å². The van der Waals surface area contributed by atoms with Crippen LogP contribution in [0.25, 0.3) is 0 Å². The molecule has 3 saturated carbocycles. The van der Waals surface area contributed by atoms with E-state index in [-0.39, 0.29) is 23.7 Å². The van der Waals surface area contributed by atoms with Crippen LogP contribution in [-0.2, 0) is 11.3 Å². The molecule has 0 aliphatic heterocycles. The highest BCUT2D eigenvalue weighted by atomic mass is 19.1. The molecule has 7 atom stereocenters. The zero-order valence-electron chi connectivity index (χ0n) is 17.1. The van der Waals surface area contributed by atoms with Crippen LogP contribution < -0.4 is 0 Å². The van der Waals surface area contributed by atoms with Crippen molar-refractivity contribution < 1.29 is 14.3 Å². The Morgan fingerprint density at radius 1 is 1.28 bits per heavy atom. The minimum absolute atomic E-state index is 0.0541. The largest absolute Gasteiger partial charge is 0.387 e. The molecule has 0 aromatic carbocycles. The molecule has 1 aromatic rings. The van der Waals surface area contributed by atoms with Crippen LogP contribution in [-0.4, -0.2) is 43.4 Å². The summed E-state index contributed by atoms with van der Waals surface area (Å²) in [7, 11) is 0. The molecule has 5 rings (SSSR count). The van der Waals surface area contributed by atoms with Gasteiger partial charge >= 0.3 is 0 Å². The van der Waals surface area contributed by atoms with Gasteiger partial charge in [-0.2, -0.15) is 4.80 Å². The van der Waals surface area contributed by atoms with Gasteiger partial charge in [-0.3, -0.25) is 4.79 Å². The summed E-state index contributed by atoms with van der Waals surface area (Å²) in [6.45, 7) is 1.91. The molecule has 0 saturated heterocycles. The highest BCUT2D eigenvalue weighted by Gasteiger charge is 2.57. The van der Waals surface area contributed by atoms with Crippen molar-refractivity contribution in [3.8, 4) is 0 Å². The number of ketones is 1.